The van der Waals surface area contributed by atoms with Crippen molar-refractivity contribution in [1.82, 2.24) is 19.8 Å². The zero-order chi connectivity index (χ0) is 20.5. The molecule has 5 rings (SSSR count). The van der Waals surface area contributed by atoms with Crippen molar-refractivity contribution in [3.63, 3.8) is 0 Å². The molecule has 30 heavy (non-hydrogen) atoms. The molecule has 1 amide bonds. The molecule has 3 aromatic rings. The Labute approximate surface area is 174 Å². The van der Waals surface area contributed by atoms with Gasteiger partial charge in [-0.3, -0.25) is 9.48 Å². The number of aryl methyl sites for hydroxylation is 1. The van der Waals surface area contributed by atoms with Crippen LogP contribution in [0, 0.1) is 0 Å². The summed E-state index contributed by atoms with van der Waals surface area (Å²) in [5, 5.41) is 8.28. The Morgan fingerprint density at radius 1 is 1.17 bits per heavy atom. The van der Waals surface area contributed by atoms with Crippen LogP contribution in [0.15, 0.2) is 41.2 Å². The second kappa shape index (κ2) is 7.85. The largest absolute Gasteiger partial charge is 0.490 e. The summed E-state index contributed by atoms with van der Waals surface area (Å²) in [7, 11) is 0. The van der Waals surface area contributed by atoms with Crippen LogP contribution < -0.4 is 9.47 Å². The maximum atomic E-state index is 13.2. The maximum absolute atomic E-state index is 13.2. The van der Waals surface area contributed by atoms with E-state index in [1.807, 2.05) is 36.2 Å². The normalized spacial score (nSPS) is 18.4. The Kier molecular flexibility index (Phi) is 4.90. The van der Waals surface area contributed by atoms with Crippen molar-refractivity contribution in [2.75, 3.05) is 19.8 Å². The molecule has 0 spiro atoms. The summed E-state index contributed by atoms with van der Waals surface area (Å²) < 4.78 is 18.8. The van der Waals surface area contributed by atoms with Gasteiger partial charge >= 0.3 is 0 Å². The highest BCUT2D eigenvalue weighted by Gasteiger charge is 2.33. The minimum Gasteiger partial charge on any atom is -0.490 e. The van der Waals surface area contributed by atoms with Gasteiger partial charge in [0.1, 0.15) is 0 Å². The third kappa shape index (κ3) is 3.42. The SMILES string of the molecule is CCn1cc(-c2cc(C(=O)N3CCCC3c3ccc4c(c3)OCCCO4)no2)cn1. The van der Waals surface area contributed by atoms with Gasteiger partial charge in [0.2, 0.25) is 0 Å². The van der Waals surface area contributed by atoms with Gasteiger partial charge in [0.15, 0.2) is 23.0 Å². The number of amides is 1. The van der Waals surface area contributed by atoms with Crippen molar-refractivity contribution in [2.45, 2.75) is 38.8 Å². The van der Waals surface area contributed by atoms with E-state index in [-0.39, 0.29) is 11.9 Å². The van der Waals surface area contributed by atoms with Crippen molar-refractivity contribution >= 4 is 5.91 Å². The van der Waals surface area contributed by atoms with Gasteiger partial charge in [0, 0.05) is 31.8 Å². The van der Waals surface area contributed by atoms with Crippen LogP contribution in [0.2, 0.25) is 0 Å². The minimum atomic E-state index is -0.123. The fraction of sp³-hybridized carbons (Fsp3) is 0.409. The van der Waals surface area contributed by atoms with Gasteiger partial charge < -0.3 is 18.9 Å². The Morgan fingerprint density at radius 2 is 2.03 bits per heavy atom. The molecule has 0 bridgehead atoms. The van der Waals surface area contributed by atoms with Crippen molar-refractivity contribution < 1.29 is 18.8 Å². The molecule has 156 valence electrons. The molecule has 2 aliphatic rings. The molecule has 1 aromatic carbocycles. The molecule has 0 N–H and O–H groups in total. The fourth-order valence-electron chi connectivity index (χ4n) is 4.07. The number of fused-ring (bicyclic) bond motifs is 1. The van der Waals surface area contributed by atoms with Crippen molar-refractivity contribution in [1.29, 1.82) is 0 Å². The molecule has 4 heterocycles. The smallest absolute Gasteiger partial charge is 0.276 e. The van der Waals surface area contributed by atoms with E-state index in [1.54, 1.807) is 16.9 Å². The molecule has 1 atom stereocenters. The predicted octanol–water partition coefficient (Wildman–Crippen LogP) is 3.70. The van der Waals surface area contributed by atoms with Crippen LogP contribution in [-0.2, 0) is 6.54 Å². The quantitative estimate of drug-likeness (QED) is 0.655. The summed E-state index contributed by atoms with van der Waals surface area (Å²) >= 11 is 0. The minimum absolute atomic E-state index is 0.0161. The number of nitrogens with zero attached hydrogens (tertiary/aromatic N) is 4. The van der Waals surface area contributed by atoms with Crippen LogP contribution in [0.25, 0.3) is 11.3 Å². The van der Waals surface area contributed by atoms with Crippen LogP contribution in [-0.4, -0.2) is 45.5 Å². The average molecular weight is 408 g/mol. The third-order valence-electron chi connectivity index (χ3n) is 5.64. The summed E-state index contributed by atoms with van der Waals surface area (Å²) in [6, 6.07) is 7.65. The first kappa shape index (κ1) is 18.7. The van der Waals surface area contributed by atoms with Crippen LogP contribution in [0.5, 0.6) is 11.5 Å². The van der Waals surface area contributed by atoms with Gasteiger partial charge in [-0.2, -0.15) is 5.10 Å². The topological polar surface area (TPSA) is 82.6 Å². The molecular weight excluding hydrogens is 384 g/mol. The molecule has 0 radical (unpaired) electrons. The van der Waals surface area contributed by atoms with Gasteiger partial charge in [-0.25, -0.2) is 0 Å². The van der Waals surface area contributed by atoms with E-state index < -0.39 is 0 Å². The highest BCUT2D eigenvalue weighted by atomic mass is 16.5. The Hall–Kier alpha value is -3.29. The first-order chi connectivity index (χ1) is 14.7. The first-order valence-electron chi connectivity index (χ1n) is 10.4. The van der Waals surface area contributed by atoms with E-state index >= 15 is 0 Å². The van der Waals surface area contributed by atoms with Gasteiger partial charge in [-0.1, -0.05) is 11.2 Å². The van der Waals surface area contributed by atoms with E-state index in [4.69, 9.17) is 14.0 Å². The lowest BCUT2D eigenvalue weighted by atomic mass is 10.0. The Balaban J connectivity index is 1.37. The van der Waals surface area contributed by atoms with Crippen LogP contribution >= 0.6 is 0 Å². The van der Waals surface area contributed by atoms with E-state index in [2.05, 4.69) is 10.3 Å². The van der Waals surface area contributed by atoms with E-state index in [9.17, 15) is 4.79 Å². The zero-order valence-electron chi connectivity index (χ0n) is 16.9. The van der Waals surface area contributed by atoms with Crippen LogP contribution in [0.4, 0.5) is 0 Å². The zero-order valence-corrected chi connectivity index (χ0v) is 16.9. The number of carbonyl (C=O) groups is 1. The van der Waals surface area contributed by atoms with Crippen LogP contribution in [0.3, 0.4) is 0 Å². The predicted molar refractivity (Wildman–Crippen MR) is 108 cm³/mol. The molecule has 1 unspecified atom stereocenters. The maximum Gasteiger partial charge on any atom is 0.276 e. The molecule has 1 saturated heterocycles. The number of likely N-dealkylation sites (tertiary alicyclic amines) is 1. The monoisotopic (exact) mass is 408 g/mol. The highest BCUT2D eigenvalue weighted by molar-refractivity contribution is 5.93. The number of benzene rings is 1. The summed E-state index contributed by atoms with van der Waals surface area (Å²) in [6.45, 7) is 4.77. The summed E-state index contributed by atoms with van der Waals surface area (Å²) in [5.74, 6) is 1.94. The molecule has 2 aromatic heterocycles. The fourth-order valence-corrected chi connectivity index (χ4v) is 4.07. The molecule has 8 heteroatoms. The summed E-state index contributed by atoms with van der Waals surface area (Å²) in [6.07, 6.45) is 6.31. The van der Waals surface area contributed by atoms with Crippen molar-refractivity contribution in [2.24, 2.45) is 0 Å². The second-order valence-corrected chi connectivity index (χ2v) is 7.57. The number of hydrogen-bond donors (Lipinski definition) is 0. The molecular formula is C22H24N4O4. The number of hydrogen-bond acceptors (Lipinski definition) is 6. The first-order valence-corrected chi connectivity index (χ1v) is 10.4. The lowest BCUT2D eigenvalue weighted by Crippen LogP contribution is -2.30. The van der Waals surface area contributed by atoms with Crippen LogP contribution in [0.1, 0.15) is 48.3 Å². The van der Waals surface area contributed by atoms with Gasteiger partial charge in [0.25, 0.3) is 5.91 Å². The highest BCUT2D eigenvalue weighted by Crippen LogP contribution is 2.38. The summed E-state index contributed by atoms with van der Waals surface area (Å²) in [4.78, 5) is 15.1. The lowest BCUT2D eigenvalue weighted by molar-refractivity contribution is 0.0725. The second-order valence-electron chi connectivity index (χ2n) is 7.57. The van der Waals surface area contributed by atoms with E-state index in [0.29, 0.717) is 31.2 Å². The molecule has 0 aliphatic carbocycles. The van der Waals surface area contributed by atoms with Gasteiger partial charge in [0.05, 0.1) is 31.0 Å². The van der Waals surface area contributed by atoms with E-state index in [1.165, 1.54) is 0 Å². The Morgan fingerprint density at radius 3 is 2.87 bits per heavy atom. The number of carbonyl (C=O) groups excluding carboxylic acids is 1. The number of aromatic nitrogens is 3. The lowest BCUT2D eigenvalue weighted by Gasteiger charge is -2.24. The van der Waals surface area contributed by atoms with E-state index in [0.717, 1.165) is 48.4 Å². The molecule has 1 fully saturated rings. The summed E-state index contributed by atoms with van der Waals surface area (Å²) in [5.41, 5.74) is 2.18. The molecule has 0 saturated carbocycles. The average Bonchev–Trinajstić information content (AvgIpc) is 3.50. The third-order valence-corrected chi connectivity index (χ3v) is 5.64. The molecule has 8 nitrogen and oxygen atoms in total. The standard InChI is InChI=1S/C22H24N4O4/c1-2-25-14-16(13-23-25)20-12-17(24-30-20)22(27)26-8-3-5-18(26)15-6-7-19-21(11-15)29-10-4-9-28-19/h6-7,11-14,18H,2-5,8-10H2,1H3. The van der Waals surface area contributed by atoms with Crippen molar-refractivity contribution in [3.05, 3.63) is 47.9 Å². The molecule has 2 aliphatic heterocycles. The van der Waals surface area contributed by atoms with Gasteiger partial charge in [-0.15, -0.1) is 0 Å². The Bertz CT molecular complexity index is 1060. The van der Waals surface area contributed by atoms with Crippen molar-refractivity contribution in [3.8, 4) is 22.8 Å². The van der Waals surface area contributed by atoms with Gasteiger partial charge in [-0.05, 0) is 37.5 Å². The number of rotatable bonds is 4. The number of ether oxygens (including phenoxy) is 2.